The minimum atomic E-state index is -0.563. The first-order valence-corrected chi connectivity index (χ1v) is 12.9. The van der Waals surface area contributed by atoms with Crippen LogP contribution in [0.5, 0.6) is 28.7 Å². The Balaban J connectivity index is 1.33. The molecule has 0 saturated heterocycles. The van der Waals surface area contributed by atoms with E-state index in [0.29, 0.717) is 34.5 Å². The Morgan fingerprint density at radius 3 is 2.35 bits per heavy atom. The lowest BCUT2D eigenvalue weighted by Crippen LogP contribution is -2.21. The number of carbonyl (C=O) groups is 1. The molecular formula is C33H28N2O5. The summed E-state index contributed by atoms with van der Waals surface area (Å²) in [5.41, 5.74) is 9.15. The van der Waals surface area contributed by atoms with Crippen molar-refractivity contribution >= 4 is 5.97 Å². The van der Waals surface area contributed by atoms with E-state index in [9.17, 15) is 10.1 Å². The molecule has 0 aromatic heterocycles. The van der Waals surface area contributed by atoms with Crippen molar-refractivity contribution in [2.24, 2.45) is 5.73 Å². The number of nitriles is 1. The third-order valence-corrected chi connectivity index (χ3v) is 6.50. The van der Waals surface area contributed by atoms with Crippen molar-refractivity contribution < 1.29 is 23.7 Å². The molecule has 4 aromatic carbocycles. The first-order chi connectivity index (χ1) is 19.4. The number of benzene rings is 4. The molecule has 2 N–H and O–H groups in total. The molecule has 1 aliphatic heterocycles. The molecule has 0 spiro atoms. The number of nitrogens with zero attached hydrogens (tertiary/aromatic N) is 1. The number of nitrogens with two attached hydrogens (primary N) is 1. The van der Waals surface area contributed by atoms with E-state index in [1.807, 2.05) is 78.9 Å². The summed E-state index contributed by atoms with van der Waals surface area (Å²) in [4.78, 5) is 12.5. The average Bonchev–Trinajstić information content (AvgIpc) is 2.96. The lowest BCUT2D eigenvalue weighted by atomic mass is 9.83. The number of hydrogen-bond acceptors (Lipinski definition) is 7. The molecule has 0 radical (unpaired) electrons. The SMILES string of the molecule is CC(C)c1ccc(OCC(=O)Oc2ccc3c(c2)OC(N)=C(C#N)C3c2cccc(Oc3ccccc3)c2)cc1. The van der Waals surface area contributed by atoms with Gasteiger partial charge in [0, 0.05) is 11.6 Å². The van der Waals surface area contributed by atoms with Crippen LogP contribution in [0, 0.1) is 11.3 Å². The maximum Gasteiger partial charge on any atom is 0.349 e. The second kappa shape index (κ2) is 11.7. The van der Waals surface area contributed by atoms with Gasteiger partial charge in [0.25, 0.3) is 0 Å². The fraction of sp³-hybridized carbons (Fsp3) is 0.152. The average molecular weight is 533 g/mol. The molecule has 0 bridgehead atoms. The highest BCUT2D eigenvalue weighted by molar-refractivity contribution is 5.74. The van der Waals surface area contributed by atoms with Gasteiger partial charge in [-0.25, -0.2) is 4.79 Å². The molecular weight excluding hydrogens is 504 g/mol. The minimum absolute atomic E-state index is 0.00830. The smallest absolute Gasteiger partial charge is 0.349 e. The Hall–Kier alpha value is -5.22. The summed E-state index contributed by atoms with van der Waals surface area (Å²) in [5.74, 6) is 1.92. The highest BCUT2D eigenvalue weighted by Crippen LogP contribution is 2.44. The second-order valence-electron chi connectivity index (χ2n) is 9.60. The zero-order chi connectivity index (χ0) is 28.1. The number of hydrogen-bond donors (Lipinski definition) is 1. The summed E-state index contributed by atoms with van der Waals surface area (Å²) in [6, 6.07) is 31.7. The summed E-state index contributed by atoms with van der Waals surface area (Å²) < 4.78 is 22.8. The van der Waals surface area contributed by atoms with Gasteiger partial charge in [0.05, 0.1) is 5.92 Å². The van der Waals surface area contributed by atoms with Crippen molar-refractivity contribution in [2.75, 3.05) is 6.61 Å². The van der Waals surface area contributed by atoms with E-state index in [1.54, 1.807) is 18.2 Å². The summed E-state index contributed by atoms with van der Waals surface area (Å²) in [6.45, 7) is 3.97. The van der Waals surface area contributed by atoms with Crippen LogP contribution in [0.15, 0.2) is 109 Å². The number of carbonyl (C=O) groups excluding carboxylic acids is 1. The van der Waals surface area contributed by atoms with E-state index >= 15 is 0 Å². The predicted molar refractivity (Wildman–Crippen MR) is 150 cm³/mol. The van der Waals surface area contributed by atoms with Crippen LogP contribution in [0.25, 0.3) is 0 Å². The molecule has 0 aliphatic carbocycles. The number of rotatable bonds is 8. The van der Waals surface area contributed by atoms with Gasteiger partial charge in [0.1, 0.15) is 40.4 Å². The van der Waals surface area contributed by atoms with Gasteiger partial charge in [-0.05, 0) is 59.5 Å². The zero-order valence-electron chi connectivity index (χ0n) is 22.2. The van der Waals surface area contributed by atoms with Gasteiger partial charge < -0.3 is 24.7 Å². The predicted octanol–water partition coefficient (Wildman–Crippen LogP) is 6.80. The monoisotopic (exact) mass is 532 g/mol. The van der Waals surface area contributed by atoms with Crippen molar-refractivity contribution in [3.63, 3.8) is 0 Å². The van der Waals surface area contributed by atoms with Crippen LogP contribution in [0.3, 0.4) is 0 Å². The highest BCUT2D eigenvalue weighted by atomic mass is 16.6. The molecule has 200 valence electrons. The molecule has 1 atom stereocenters. The van der Waals surface area contributed by atoms with Gasteiger partial charge in [0.2, 0.25) is 5.88 Å². The molecule has 7 heteroatoms. The van der Waals surface area contributed by atoms with Gasteiger partial charge in [-0.2, -0.15) is 5.26 Å². The van der Waals surface area contributed by atoms with Gasteiger partial charge in [-0.3, -0.25) is 0 Å². The quantitative estimate of drug-likeness (QED) is 0.196. The third-order valence-electron chi connectivity index (χ3n) is 6.50. The van der Waals surface area contributed by atoms with Crippen LogP contribution in [0.4, 0.5) is 0 Å². The Labute approximate surface area is 233 Å². The fourth-order valence-electron chi connectivity index (χ4n) is 4.48. The van der Waals surface area contributed by atoms with Crippen molar-refractivity contribution in [2.45, 2.75) is 25.7 Å². The molecule has 5 rings (SSSR count). The lowest BCUT2D eigenvalue weighted by molar-refractivity contribution is -0.136. The van der Waals surface area contributed by atoms with Crippen LogP contribution in [-0.4, -0.2) is 12.6 Å². The van der Waals surface area contributed by atoms with Gasteiger partial charge in [0.15, 0.2) is 6.61 Å². The highest BCUT2D eigenvalue weighted by Gasteiger charge is 2.31. The van der Waals surface area contributed by atoms with Crippen molar-refractivity contribution in [1.82, 2.24) is 0 Å². The van der Waals surface area contributed by atoms with E-state index in [2.05, 4.69) is 19.9 Å². The Morgan fingerprint density at radius 1 is 0.900 bits per heavy atom. The van der Waals surface area contributed by atoms with Crippen molar-refractivity contribution in [3.05, 3.63) is 125 Å². The van der Waals surface area contributed by atoms with Gasteiger partial charge >= 0.3 is 5.97 Å². The molecule has 1 unspecified atom stereocenters. The van der Waals surface area contributed by atoms with Gasteiger partial charge in [-0.15, -0.1) is 0 Å². The molecule has 1 heterocycles. The standard InChI is InChI=1S/C33H28N2O5/c1-21(2)22-11-13-24(14-12-22)37-20-31(36)39-27-15-16-28-30(18-27)40-33(35)29(19-34)32(28)23-7-6-10-26(17-23)38-25-8-4-3-5-9-25/h3-18,21,32H,20,35H2,1-2H3. The van der Waals surface area contributed by atoms with Crippen LogP contribution in [-0.2, 0) is 4.79 Å². The van der Waals surface area contributed by atoms with E-state index in [-0.39, 0.29) is 23.8 Å². The summed E-state index contributed by atoms with van der Waals surface area (Å²) in [7, 11) is 0. The van der Waals surface area contributed by atoms with E-state index in [0.717, 1.165) is 5.56 Å². The maximum atomic E-state index is 12.5. The molecule has 0 amide bonds. The first kappa shape index (κ1) is 26.4. The van der Waals surface area contributed by atoms with E-state index in [1.165, 1.54) is 5.56 Å². The molecule has 4 aromatic rings. The van der Waals surface area contributed by atoms with Crippen LogP contribution >= 0.6 is 0 Å². The van der Waals surface area contributed by atoms with E-state index in [4.69, 9.17) is 24.7 Å². The number of esters is 1. The molecule has 0 saturated carbocycles. The van der Waals surface area contributed by atoms with Crippen LogP contribution in [0.2, 0.25) is 0 Å². The third kappa shape index (κ3) is 5.92. The largest absolute Gasteiger partial charge is 0.482 e. The Bertz CT molecular complexity index is 1590. The number of allylic oxidation sites excluding steroid dienone is 1. The second-order valence-corrected chi connectivity index (χ2v) is 9.60. The lowest BCUT2D eigenvalue weighted by Gasteiger charge is -2.27. The Morgan fingerprint density at radius 2 is 1.62 bits per heavy atom. The zero-order valence-corrected chi connectivity index (χ0v) is 22.2. The molecule has 0 fully saturated rings. The van der Waals surface area contributed by atoms with Crippen molar-refractivity contribution in [1.29, 1.82) is 5.26 Å². The molecule has 40 heavy (non-hydrogen) atoms. The number of fused-ring (bicyclic) bond motifs is 1. The maximum absolute atomic E-state index is 12.5. The van der Waals surface area contributed by atoms with Gasteiger partial charge in [-0.1, -0.05) is 62.4 Å². The normalized spacial score (nSPS) is 14.1. The van der Waals surface area contributed by atoms with Crippen LogP contribution in [0.1, 0.15) is 42.4 Å². The molecule has 1 aliphatic rings. The molecule has 7 nitrogen and oxygen atoms in total. The van der Waals surface area contributed by atoms with E-state index < -0.39 is 11.9 Å². The summed E-state index contributed by atoms with van der Waals surface area (Å²) >= 11 is 0. The van der Waals surface area contributed by atoms with Crippen LogP contribution < -0.4 is 24.7 Å². The fourth-order valence-corrected chi connectivity index (χ4v) is 4.48. The van der Waals surface area contributed by atoms with Crippen molar-refractivity contribution in [3.8, 4) is 34.8 Å². The minimum Gasteiger partial charge on any atom is -0.482 e. The first-order valence-electron chi connectivity index (χ1n) is 12.9. The summed E-state index contributed by atoms with van der Waals surface area (Å²) in [5, 5.41) is 9.91. The topological polar surface area (TPSA) is 104 Å². The number of para-hydroxylation sites is 1. The summed E-state index contributed by atoms with van der Waals surface area (Å²) in [6.07, 6.45) is 0. The number of ether oxygens (including phenoxy) is 4. The Kier molecular flexibility index (Phi) is 7.70.